The zero-order valence-electron chi connectivity index (χ0n) is 11.7. The van der Waals surface area contributed by atoms with Gasteiger partial charge in [0.15, 0.2) is 0 Å². The maximum atomic E-state index is 12.0. The molecule has 4 nitrogen and oxygen atoms in total. The van der Waals surface area contributed by atoms with E-state index in [1.807, 2.05) is 19.9 Å². The summed E-state index contributed by atoms with van der Waals surface area (Å²) >= 11 is 0. The number of pyridine rings is 1. The highest BCUT2D eigenvalue weighted by atomic mass is 16.1. The minimum absolute atomic E-state index is 0.0275. The van der Waals surface area contributed by atoms with E-state index in [0.717, 1.165) is 24.5 Å². The van der Waals surface area contributed by atoms with Crippen LogP contribution in [0.15, 0.2) is 12.1 Å². The molecule has 0 fully saturated rings. The standard InChI is InChI=1S/C14H23N3O/c1-5-7-16-14(18)11-8-12(10(3)4)17-13(9-11)15-6-2/h8-10H,5-7H2,1-4H3,(H,15,17)(H,16,18). The maximum absolute atomic E-state index is 12.0. The Morgan fingerprint density at radius 1 is 1.33 bits per heavy atom. The topological polar surface area (TPSA) is 54.0 Å². The first-order valence-electron chi connectivity index (χ1n) is 6.62. The Morgan fingerprint density at radius 3 is 2.61 bits per heavy atom. The molecule has 18 heavy (non-hydrogen) atoms. The third kappa shape index (κ3) is 4.02. The zero-order chi connectivity index (χ0) is 13.5. The molecule has 0 bridgehead atoms. The van der Waals surface area contributed by atoms with Gasteiger partial charge in [-0.1, -0.05) is 20.8 Å². The van der Waals surface area contributed by atoms with Crippen LogP contribution in [0.5, 0.6) is 0 Å². The van der Waals surface area contributed by atoms with E-state index in [2.05, 4.69) is 29.5 Å². The third-order valence-electron chi connectivity index (χ3n) is 2.59. The molecule has 1 amide bonds. The van der Waals surface area contributed by atoms with Crippen molar-refractivity contribution in [3.63, 3.8) is 0 Å². The van der Waals surface area contributed by atoms with Crippen LogP contribution in [0.4, 0.5) is 5.82 Å². The number of aromatic nitrogens is 1. The lowest BCUT2D eigenvalue weighted by molar-refractivity contribution is 0.0953. The lowest BCUT2D eigenvalue weighted by Crippen LogP contribution is -2.24. The highest BCUT2D eigenvalue weighted by Gasteiger charge is 2.11. The molecule has 0 atom stereocenters. The normalized spacial score (nSPS) is 10.5. The maximum Gasteiger partial charge on any atom is 0.251 e. The Morgan fingerprint density at radius 2 is 2.06 bits per heavy atom. The SMILES string of the molecule is CCCNC(=O)c1cc(NCC)nc(C(C)C)c1. The van der Waals surface area contributed by atoms with Gasteiger partial charge in [0.2, 0.25) is 0 Å². The number of hydrogen-bond acceptors (Lipinski definition) is 3. The molecule has 0 spiro atoms. The van der Waals surface area contributed by atoms with Crippen LogP contribution in [0.25, 0.3) is 0 Å². The lowest BCUT2D eigenvalue weighted by Gasteiger charge is -2.11. The smallest absolute Gasteiger partial charge is 0.251 e. The summed E-state index contributed by atoms with van der Waals surface area (Å²) < 4.78 is 0. The van der Waals surface area contributed by atoms with Crippen molar-refractivity contribution in [2.24, 2.45) is 0 Å². The van der Waals surface area contributed by atoms with Crippen LogP contribution in [0.3, 0.4) is 0 Å². The summed E-state index contributed by atoms with van der Waals surface area (Å²) in [4.78, 5) is 16.5. The largest absolute Gasteiger partial charge is 0.370 e. The van der Waals surface area contributed by atoms with Crippen molar-refractivity contribution in [2.75, 3.05) is 18.4 Å². The van der Waals surface area contributed by atoms with E-state index in [0.29, 0.717) is 18.0 Å². The molecule has 0 saturated heterocycles. The van der Waals surface area contributed by atoms with Crippen molar-refractivity contribution in [1.29, 1.82) is 0 Å². The predicted molar refractivity (Wildman–Crippen MR) is 75.1 cm³/mol. The van der Waals surface area contributed by atoms with Crippen molar-refractivity contribution < 1.29 is 4.79 Å². The van der Waals surface area contributed by atoms with Crippen molar-refractivity contribution in [3.8, 4) is 0 Å². The van der Waals surface area contributed by atoms with E-state index >= 15 is 0 Å². The van der Waals surface area contributed by atoms with Crippen LogP contribution in [0.2, 0.25) is 0 Å². The molecule has 0 aliphatic carbocycles. The molecule has 0 aliphatic rings. The quantitative estimate of drug-likeness (QED) is 0.815. The Kier molecular flexibility index (Phi) is 5.62. The number of carbonyl (C=O) groups is 1. The second kappa shape index (κ2) is 6.99. The Balaban J connectivity index is 2.98. The minimum atomic E-state index is -0.0275. The van der Waals surface area contributed by atoms with Gasteiger partial charge < -0.3 is 10.6 Å². The number of anilines is 1. The molecule has 0 aliphatic heterocycles. The molecule has 0 saturated carbocycles. The molecule has 1 aromatic rings. The van der Waals surface area contributed by atoms with E-state index in [-0.39, 0.29) is 5.91 Å². The summed E-state index contributed by atoms with van der Waals surface area (Å²) in [5.74, 6) is 1.05. The highest BCUT2D eigenvalue weighted by molar-refractivity contribution is 5.95. The second-order valence-electron chi connectivity index (χ2n) is 4.61. The number of carbonyl (C=O) groups excluding carboxylic acids is 1. The molecule has 0 aromatic carbocycles. The Bertz CT molecular complexity index is 402. The van der Waals surface area contributed by atoms with Gasteiger partial charge >= 0.3 is 0 Å². The van der Waals surface area contributed by atoms with E-state index in [1.165, 1.54) is 0 Å². The van der Waals surface area contributed by atoms with Crippen LogP contribution >= 0.6 is 0 Å². The molecule has 1 rings (SSSR count). The monoisotopic (exact) mass is 249 g/mol. The number of hydrogen-bond donors (Lipinski definition) is 2. The highest BCUT2D eigenvalue weighted by Crippen LogP contribution is 2.17. The summed E-state index contributed by atoms with van der Waals surface area (Å²) in [5.41, 5.74) is 1.62. The fourth-order valence-electron chi connectivity index (χ4n) is 1.59. The fraction of sp³-hybridized carbons (Fsp3) is 0.571. The van der Waals surface area contributed by atoms with Crippen molar-refractivity contribution in [1.82, 2.24) is 10.3 Å². The molecule has 0 radical (unpaired) electrons. The number of rotatable bonds is 6. The van der Waals surface area contributed by atoms with Gasteiger partial charge in [-0.2, -0.15) is 0 Å². The van der Waals surface area contributed by atoms with Gasteiger partial charge in [0, 0.05) is 24.3 Å². The van der Waals surface area contributed by atoms with Crippen LogP contribution in [0.1, 0.15) is 56.1 Å². The van der Waals surface area contributed by atoms with E-state index in [4.69, 9.17) is 0 Å². The third-order valence-corrected chi connectivity index (χ3v) is 2.59. The van der Waals surface area contributed by atoms with Crippen molar-refractivity contribution in [3.05, 3.63) is 23.4 Å². The van der Waals surface area contributed by atoms with Gasteiger partial charge in [0.1, 0.15) is 5.82 Å². The number of amides is 1. The summed E-state index contributed by atoms with van der Waals surface area (Å²) in [7, 11) is 0. The number of nitrogens with zero attached hydrogens (tertiary/aromatic N) is 1. The molecule has 4 heteroatoms. The van der Waals surface area contributed by atoms with Crippen molar-refractivity contribution >= 4 is 11.7 Å². The first-order chi connectivity index (χ1) is 8.58. The Labute approximate surface area is 109 Å². The second-order valence-corrected chi connectivity index (χ2v) is 4.61. The van der Waals surface area contributed by atoms with Gasteiger partial charge in [-0.15, -0.1) is 0 Å². The summed E-state index contributed by atoms with van der Waals surface area (Å²) in [6, 6.07) is 3.68. The van der Waals surface area contributed by atoms with Crippen molar-refractivity contribution in [2.45, 2.75) is 40.0 Å². The molecule has 1 heterocycles. The van der Waals surface area contributed by atoms with E-state index < -0.39 is 0 Å². The van der Waals surface area contributed by atoms with Crippen LogP contribution in [-0.4, -0.2) is 24.0 Å². The van der Waals surface area contributed by atoms with Gasteiger partial charge in [-0.05, 0) is 31.4 Å². The summed E-state index contributed by atoms with van der Waals surface area (Å²) in [5, 5.41) is 6.05. The molecule has 100 valence electrons. The average Bonchev–Trinajstić information content (AvgIpc) is 2.35. The molecular weight excluding hydrogens is 226 g/mol. The Hall–Kier alpha value is -1.58. The predicted octanol–water partition coefficient (Wildman–Crippen LogP) is 2.78. The first-order valence-corrected chi connectivity index (χ1v) is 6.62. The molecular formula is C14H23N3O. The molecule has 0 unspecified atom stereocenters. The number of nitrogens with one attached hydrogen (secondary N) is 2. The summed E-state index contributed by atoms with van der Waals surface area (Å²) in [6.07, 6.45) is 0.938. The fourth-order valence-corrected chi connectivity index (χ4v) is 1.59. The molecule has 2 N–H and O–H groups in total. The van der Waals surface area contributed by atoms with Crippen LogP contribution in [-0.2, 0) is 0 Å². The van der Waals surface area contributed by atoms with E-state index in [9.17, 15) is 4.79 Å². The van der Waals surface area contributed by atoms with Gasteiger partial charge in [0.25, 0.3) is 5.91 Å². The average molecular weight is 249 g/mol. The zero-order valence-corrected chi connectivity index (χ0v) is 11.7. The lowest BCUT2D eigenvalue weighted by atomic mass is 10.1. The first kappa shape index (κ1) is 14.5. The minimum Gasteiger partial charge on any atom is -0.370 e. The van der Waals surface area contributed by atoms with Gasteiger partial charge in [-0.25, -0.2) is 4.98 Å². The molecule has 1 aromatic heterocycles. The van der Waals surface area contributed by atoms with Crippen LogP contribution in [0, 0.1) is 0 Å². The van der Waals surface area contributed by atoms with E-state index in [1.54, 1.807) is 6.07 Å². The van der Waals surface area contributed by atoms with Crippen LogP contribution < -0.4 is 10.6 Å². The van der Waals surface area contributed by atoms with Gasteiger partial charge in [0.05, 0.1) is 0 Å². The summed E-state index contributed by atoms with van der Waals surface area (Å²) in [6.45, 7) is 9.70. The van der Waals surface area contributed by atoms with Gasteiger partial charge in [-0.3, -0.25) is 4.79 Å².